The largest absolute Gasteiger partial charge is 0.481 e. The summed E-state index contributed by atoms with van der Waals surface area (Å²) in [6.45, 7) is 9.84. The highest BCUT2D eigenvalue weighted by Crippen LogP contribution is 2.17. The molecule has 16 nitrogen and oxygen atoms in total. The smallest absolute Gasteiger partial charge is 0.303 e. The third-order valence-corrected chi connectivity index (χ3v) is 19.8. The average molecular weight is 1590 g/mol. The minimum atomic E-state index is -1.67. The molecule has 0 aromatic heterocycles. The van der Waals surface area contributed by atoms with Crippen LogP contribution in [0.4, 0.5) is 0 Å². The quantitative estimate of drug-likeness (QED) is 0.0199. The van der Waals surface area contributed by atoms with Gasteiger partial charge in [-0.2, -0.15) is 0 Å². The summed E-state index contributed by atoms with van der Waals surface area (Å²) in [6.07, 6.45) is 99.8. The van der Waals surface area contributed by atoms with E-state index in [1.807, 2.05) is 0 Å². The molecule has 664 valence electrons. The van der Waals surface area contributed by atoms with E-state index in [4.69, 9.17) is 56.2 Å². The Bertz CT molecular complexity index is 1700. The van der Waals surface area contributed by atoms with Crippen molar-refractivity contribution in [1.82, 2.24) is 0 Å². The number of hydrogen-bond acceptors (Lipinski definition) is 11. The molecular weight excluding hydrogens is 1410 g/mol. The standard InChI is InChI=1S/5C18H34O2.C6H14O6/c5*1-2-3-4-5-6-7-8-9-10-11-12-13-14-15-16-17-18(19)20;7-1-3(9)5(11)6(12)4(10)2-8/h5*9-10H,2-8,11-17H2,1H3,(H,19,20);3-12H,1-2H2/b5*10-9-;/t;;;;;3-,4+,5-,6-/m.....1/s1. The second-order valence-electron chi connectivity index (χ2n) is 31.1. The molecule has 112 heavy (non-hydrogen) atoms. The van der Waals surface area contributed by atoms with Gasteiger partial charge in [0, 0.05) is 32.1 Å². The van der Waals surface area contributed by atoms with E-state index >= 15 is 0 Å². The third kappa shape index (κ3) is 124. The van der Waals surface area contributed by atoms with Crippen LogP contribution in [0, 0.1) is 0 Å². The van der Waals surface area contributed by atoms with Crippen molar-refractivity contribution in [2.45, 2.75) is 508 Å². The fourth-order valence-corrected chi connectivity index (χ4v) is 12.4. The first-order chi connectivity index (χ1) is 54.4. The number of allylic oxidation sites excluding steroid dienone is 10. The summed E-state index contributed by atoms with van der Waals surface area (Å²) >= 11 is 0. The van der Waals surface area contributed by atoms with E-state index in [-0.39, 0.29) is 0 Å². The highest BCUT2D eigenvalue weighted by Gasteiger charge is 2.29. The van der Waals surface area contributed by atoms with Crippen molar-refractivity contribution in [3.8, 4) is 0 Å². The first kappa shape index (κ1) is 119. The Morgan fingerprint density at radius 3 is 0.402 bits per heavy atom. The van der Waals surface area contributed by atoms with Crippen molar-refractivity contribution < 1.29 is 80.1 Å². The van der Waals surface area contributed by atoms with Crippen molar-refractivity contribution in [3.05, 3.63) is 60.8 Å². The van der Waals surface area contributed by atoms with Gasteiger partial charge in [-0.1, -0.05) is 352 Å². The van der Waals surface area contributed by atoms with Crippen molar-refractivity contribution in [3.63, 3.8) is 0 Å². The van der Waals surface area contributed by atoms with Gasteiger partial charge in [0.15, 0.2) is 0 Å². The minimum Gasteiger partial charge on any atom is -0.481 e. The van der Waals surface area contributed by atoms with Crippen LogP contribution in [0.1, 0.15) is 484 Å². The second kappa shape index (κ2) is 109. The van der Waals surface area contributed by atoms with E-state index in [2.05, 4.69) is 95.4 Å². The van der Waals surface area contributed by atoms with E-state index in [1.165, 1.54) is 353 Å². The minimum absolute atomic E-state index is 0.332. The van der Waals surface area contributed by atoms with Crippen molar-refractivity contribution in [2.24, 2.45) is 0 Å². The van der Waals surface area contributed by atoms with E-state index in [1.54, 1.807) is 0 Å². The SMILES string of the molecule is CCCCCCCC/C=C\CCCCCCCC(=O)O.CCCCCCCC/C=C\CCCCCCCC(=O)O.CCCCCCCC/C=C\CCCCCCCC(=O)O.CCCCCCCC/C=C\CCCCCCCC(=O)O.CCCCCCCC/C=C\CCCCCCCC(=O)O.OC[C@@H](O)[C@@H](O)[C@H](O)[C@@H](O)CO. The molecule has 0 unspecified atom stereocenters. The van der Waals surface area contributed by atoms with Crippen LogP contribution in [-0.2, 0) is 24.0 Å². The van der Waals surface area contributed by atoms with Gasteiger partial charge < -0.3 is 56.2 Å². The van der Waals surface area contributed by atoms with Gasteiger partial charge in [0.25, 0.3) is 0 Å². The maximum absolute atomic E-state index is 10.3. The Labute approximate surface area is 689 Å². The summed E-state index contributed by atoms with van der Waals surface area (Å²) in [5.41, 5.74) is 0. The number of hydrogen-bond donors (Lipinski definition) is 11. The molecule has 0 spiro atoms. The van der Waals surface area contributed by atoms with Gasteiger partial charge in [-0.05, 0) is 161 Å². The highest BCUT2D eigenvalue weighted by atomic mass is 16.4. The maximum Gasteiger partial charge on any atom is 0.303 e. The lowest BCUT2D eigenvalue weighted by Gasteiger charge is -2.24. The number of carbonyl (C=O) groups is 5. The van der Waals surface area contributed by atoms with E-state index < -0.39 is 67.5 Å². The van der Waals surface area contributed by atoms with Crippen molar-refractivity contribution in [1.29, 1.82) is 0 Å². The van der Waals surface area contributed by atoms with Gasteiger partial charge in [-0.25, -0.2) is 0 Å². The van der Waals surface area contributed by atoms with Crippen LogP contribution in [0.25, 0.3) is 0 Å². The van der Waals surface area contributed by atoms with Gasteiger partial charge in [-0.3, -0.25) is 24.0 Å². The summed E-state index contributed by atoms with van der Waals surface area (Å²) in [5.74, 6) is -3.32. The molecule has 0 bridgehead atoms. The predicted octanol–water partition coefficient (Wildman–Crippen LogP) is 27.0. The summed E-state index contributed by atoms with van der Waals surface area (Å²) in [5, 5.41) is 94.7. The van der Waals surface area contributed by atoms with Crippen molar-refractivity contribution >= 4 is 29.8 Å². The van der Waals surface area contributed by atoms with Crippen LogP contribution in [0.3, 0.4) is 0 Å². The van der Waals surface area contributed by atoms with Crippen LogP contribution in [-0.4, -0.2) is 124 Å². The molecule has 11 N–H and O–H groups in total. The lowest BCUT2D eigenvalue weighted by Crippen LogP contribution is -2.46. The molecule has 0 heterocycles. The van der Waals surface area contributed by atoms with Crippen LogP contribution >= 0.6 is 0 Å². The highest BCUT2D eigenvalue weighted by molar-refractivity contribution is 5.67. The number of aliphatic carboxylic acids is 5. The lowest BCUT2D eigenvalue weighted by atomic mass is 10.0. The Kier molecular flexibility index (Phi) is 115. The predicted molar refractivity (Wildman–Crippen MR) is 474 cm³/mol. The van der Waals surface area contributed by atoms with Crippen LogP contribution < -0.4 is 0 Å². The van der Waals surface area contributed by atoms with Crippen LogP contribution in [0.5, 0.6) is 0 Å². The van der Waals surface area contributed by atoms with E-state index in [0.717, 1.165) is 64.2 Å². The molecule has 4 atom stereocenters. The summed E-state index contributed by atoms with van der Waals surface area (Å²) in [4.78, 5) is 51.6. The monoisotopic (exact) mass is 1590 g/mol. The topological polar surface area (TPSA) is 308 Å². The summed E-state index contributed by atoms with van der Waals surface area (Å²) in [6, 6.07) is 0. The lowest BCUT2D eigenvalue weighted by molar-refractivity contribution is -0.138. The molecule has 0 aliphatic rings. The molecule has 0 aliphatic heterocycles. The molecule has 16 heteroatoms. The van der Waals surface area contributed by atoms with Gasteiger partial charge in [-0.15, -0.1) is 0 Å². The first-order valence-electron chi connectivity index (χ1n) is 46.7. The van der Waals surface area contributed by atoms with Crippen LogP contribution in [0.15, 0.2) is 60.8 Å². The number of carboxylic acids is 5. The Balaban J connectivity index is -0.000000303. The number of rotatable bonds is 80. The fraction of sp³-hybridized carbons (Fsp3) is 0.844. The third-order valence-electron chi connectivity index (χ3n) is 19.8. The van der Waals surface area contributed by atoms with Gasteiger partial charge in [0.05, 0.1) is 13.2 Å². The normalized spacial score (nSPS) is 12.3. The van der Waals surface area contributed by atoms with Gasteiger partial charge >= 0.3 is 29.8 Å². The summed E-state index contributed by atoms with van der Waals surface area (Å²) in [7, 11) is 0. The molecule has 0 aromatic carbocycles. The molecule has 0 saturated heterocycles. The fourth-order valence-electron chi connectivity index (χ4n) is 12.4. The zero-order valence-corrected chi connectivity index (χ0v) is 73.5. The number of aliphatic hydroxyl groups excluding tert-OH is 6. The molecule has 0 radical (unpaired) electrons. The maximum atomic E-state index is 10.3. The average Bonchev–Trinajstić information content (AvgIpc) is 0.908. The number of unbranched alkanes of at least 4 members (excludes halogenated alkanes) is 55. The zero-order valence-electron chi connectivity index (χ0n) is 73.5. The van der Waals surface area contributed by atoms with E-state index in [0.29, 0.717) is 32.1 Å². The Morgan fingerprint density at radius 1 is 0.188 bits per heavy atom. The molecule has 0 fully saturated rings. The van der Waals surface area contributed by atoms with Crippen molar-refractivity contribution in [2.75, 3.05) is 13.2 Å². The van der Waals surface area contributed by atoms with E-state index in [9.17, 15) is 24.0 Å². The molecular formula is C96H184O16. The molecule has 0 saturated carbocycles. The van der Waals surface area contributed by atoms with Gasteiger partial charge in [0.2, 0.25) is 0 Å². The number of carboxylic acid groups (broad SMARTS) is 5. The molecule has 0 rings (SSSR count). The summed E-state index contributed by atoms with van der Waals surface area (Å²) < 4.78 is 0. The Hall–Kier alpha value is -4.19. The van der Waals surface area contributed by atoms with Gasteiger partial charge in [0.1, 0.15) is 24.4 Å². The Morgan fingerprint density at radius 2 is 0.295 bits per heavy atom. The second-order valence-corrected chi connectivity index (χ2v) is 31.1. The molecule has 0 amide bonds. The number of aliphatic hydroxyl groups is 6. The first-order valence-corrected chi connectivity index (χ1v) is 46.7. The molecule has 0 aromatic rings. The zero-order chi connectivity index (χ0) is 84.2. The van der Waals surface area contributed by atoms with Crippen LogP contribution in [0.2, 0.25) is 0 Å². The molecule has 0 aliphatic carbocycles.